The number of halogens is 2. The molecule has 9 heteroatoms. The lowest BCUT2D eigenvalue weighted by atomic mass is 10.1. The van der Waals surface area contributed by atoms with Crippen LogP contribution in [0.2, 0.25) is 10.0 Å². The zero-order valence-electron chi connectivity index (χ0n) is 15.5. The number of aliphatic hydroxyl groups excluding tert-OH is 1. The fourth-order valence-corrected chi connectivity index (χ4v) is 3.53. The van der Waals surface area contributed by atoms with E-state index in [1.807, 2.05) is 6.92 Å². The highest BCUT2D eigenvalue weighted by Gasteiger charge is 2.28. The van der Waals surface area contributed by atoms with Crippen LogP contribution in [0.5, 0.6) is 0 Å². The van der Waals surface area contributed by atoms with Gasteiger partial charge in [0, 0.05) is 23.1 Å². The van der Waals surface area contributed by atoms with Crippen molar-refractivity contribution in [3.63, 3.8) is 0 Å². The lowest BCUT2D eigenvalue weighted by Crippen LogP contribution is -2.42. The molecule has 0 saturated heterocycles. The molecule has 0 heterocycles. The number of rotatable bonds is 7. The van der Waals surface area contributed by atoms with E-state index < -0.39 is 20.7 Å². The number of hydrogen-bond donors (Lipinski definition) is 3. The zero-order chi connectivity index (χ0) is 20.0. The van der Waals surface area contributed by atoms with E-state index in [4.69, 9.17) is 23.2 Å². The number of nitrogens with zero attached hydrogens (tertiary/aromatic N) is 1. The molecule has 1 aromatic carbocycles. The molecule has 1 aromatic rings. The molecule has 1 atom stereocenters. The highest BCUT2D eigenvalue weighted by Crippen LogP contribution is 2.23. The first-order valence-electron chi connectivity index (χ1n) is 8.35. The monoisotopic (exact) mass is 423 g/mol. The van der Waals surface area contributed by atoms with Gasteiger partial charge in [0.25, 0.3) is 0 Å². The molecule has 0 amide bonds. The summed E-state index contributed by atoms with van der Waals surface area (Å²) in [6.07, 6.45) is -0.875. The van der Waals surface area contributed by atoms with Crippen LogP contribution in [0.1, 0.15) is 39.4 Å². The van der Waals surface area contributed by atoms with Crippen LogP contribution in [0.3, 0.4) is 0 Å². The van der Waals surface area contributed by atoms with E-state index in [1.54, 1.807) is 39.0 Å². The first-order chi connectivity index (χ1) is 12.0. The molecular formula is C17H27Cl2N3O3S. The fraction of sp³-hybridized carbons (Fsp3) is 0.588. The Balaban J connectivity index is 2.71. The van der Waals surface area contributed by atoms with Crippen molar-refractivity contribution in [1.29, 1.82) is 0 Å². The smallest absolute Gasteiger partial charge is 0.191 e. The van der Waals surface area contributed by atoms with E-state index in [2.05, 4.69) is 15.6 Å². The summed E-state index contributed by atoms with van der Waals surface area (Å²) in [4.78, 5) is 4.29. The van der Waals surface area contributed by atoms with E-state index in [0.29, 0.717) is 28.1 Å². The number of sulfone groups is 1. The van der Waals surface area contributed by atoms with Gasteiger partial charge in [-0.15, -0.1) is 0 Å². The van der Waals surface area contributed by atoms with E-state index in [1.165, 1.54) is 0 Å². The van der Waals surface area contributed by atoms with E-state index in [9.17, 15) is 13.5 Å². The normalized spacial score (nSPS) is 14.2. The van der Waals surface area contributed by atoms with Crippen LogP contribution in [0.25, 0.3) is 0 Å². The first kappa shape index (κ1) is 23.0. The van der Waals surface area contributed by atoms with Gasteiger partial charge in [-0.05, 0) is 51.5 Å². The molecule has 3 N–H and O–H groups in total. The van der Waals surface area contributed by atoms with Gasteiger partial charge in [-0.25, -0.2) is 8.42 Å². The predicted molar refractivity (Wildman–Crippen MR) is 109 cm³/mol. The highest BCUT2D eigenvalue weighted by molar-refractivity contribution is 7.92. The average Bonchev–Trinajstić information content (AvgIpc) is 2.50. The topological polar surface area (TPSA) is 90.8 Å². The second-order valence-corrected chi connectivity index (χ2v) is 10.5. The molecule has 0 fully saturated rings. The highest BCUT2D eigenvalue weighted by atomic mass is 35.5. The number of hydrogen-bond acceptors (Lipinski definition) is 4. The molecule has 0 radical (unpaired) electrons. The minimum atomic E-state index is -3.22. The Morgan fingerprint density at radius 2 is 1.77 bits per heavy atom. The molecule has 1 unspecified atom stereocenters. The van der Waals surface area contributed by atoms with E-state index in [-0.39, 0.29) is 18.8 Å². The number of benzene rings is 1. The van der Waals surface area contributed by atoms with Crippen molar-refractivity contribution in [2.75, 3.05) is 25.4 Å². The Morgan fingerprint density at radius 1 is 1.19 bits per heavy atom. The molecule has 0 aromatic heterocycles. The van der Waals surface area contributed by atoms with Crippen LogP contribution in [-0.4, -0.2) is 49.6 Å². The molecule has 26 heavy (non-hydrogen) atoms. The maximum atomic E-state index is 12.1. The summed E-state index contributed by atoms with van der Waals surface area (Å²) in [5.41, 5.74) is 0.567. The van der Waals surface area contributed by atoms with Crippen molar-refractivity contribution >= 4 is 39.0 Å². The van der Waals surface area contributed by atoms with Gasteiger partial charge in [0.1, 0.15) is 0 Å². The van der Waals surface area contributed by atoms with E-state index in [0.717, 1.165) is 0 Å². The summed E-state index contributed by atoms with van der Waals surface area (Å²) in [6.45, 7) is 7.84. The summed E-state index contributed by atoms with van der Waals surface area (Å²) in [5.74, 6) is 0.427. The van der Waals surface area contributed by atoms with Crippen molar-refractivity contribution in [2.45, 2.75) is 38.5 Å². The fourth-order valence-electron chi connectivity index (χ4n) is 2.00. The first-order valence-corrected chi connectivity index (χ1v) is 10.8. The molecule has 0 aliphatic rings. The van der Waals surface area contributed by atoms with Gasteiger partial charge in [-0.1, -0.05) is 23.2 Å². The van der Waals surface area contributed by atoms with Gasteiger partial charge in [-0.2, -0.15) is 0 Å². The molecule has 0 bridgehead atoms. The van der Waals surface area contributed by atoms with Crippen LogP contribution in [0.15, 0.2) is 23.2 Å². The minimum absolute atomic E-state index is 0.00658. The van der Waals surface area contributed by atoms with Crippen LogP contribution in [-0.2, 0) is 9.84 Å². The lowest BCUT2D eigenvalue weighted by molar-refractivity contribution is 0.187. The van der Waals surface area contributed by atoms with Crippen molar-refractivity contribution < 1.29 is 13.5 Å². The molecular weight excluding hydrogens is 397 g/mol. The average molecular weight is 424 g/mol. The largest absolute Gasteiger partial charge is 0.386 e. The molecule has 0 aliphatic heterocycles. The SMILES string of the molecule is CCNC(=NCC(O)c1cc(Cl)cc(Cl)c1)NCCS(=O)(=O)C(C)(C)C. The van der Waals surface area contributed by atoms with E-state index >= 15 is 0 Å². The molecule has 6 nitrogen and oxygen atoms in total. The van der Waals surface area contributed by atoms with Crippen molar-refractivity contribution in [2.24, 2.45) is 4.99 Å². The summed E-state index contributed by atoms with van der Waals surface area (Å²) in [5, 5.41) is 17.1. The Labute approximate surface area is 165 Å². The molecule has 148 valence electrons. The number of aliphatic hydroxyl groups is 1. The lowest BCUT2D eigenvalue weighted by Gasteiger charge is -2.20. The standard InChI is InChI=1S/C17H27Cl2N3O3S/c1-5-20-16(21-6-7-26(24,25)17(2,3)4)22-11-15(23)12-8-13(18)10-14(19)9-12/h8-10,15,23H,5-7,11H2,1-4H3,(H2,20,21,22). The van der Waals surface area contributed by atoms with Gasteiger partial charge in [0.2, 0.25) is 0 Å². The molecule has 0 aliphatic carbocycles. The third-order valence-electron chi connectivity index (χ3n) is 3.63. The van der Waals surface area contributed by atoms with Gasteiger partial charge in [0.15, 0.2) is 15.8 Å². The van der Waals surface area contributed by atoms with Gasteiger partial charge >= 0.3 is 0 Å². The minimum Gasteiger partial charge on any atom is -0.386 e. The third kappa shape index (κ3) is 7.31. The second-order valence-electron chi connectivity index (χ2n) is 6.80. The van der Waals surface area contributed by atoms with Crippen LogP contribution < -0.4 is 10.6 Å². The third-order valence-corrected chi connectivity index (χ3v) is 6.68. The molecule has 0 saturated carbocycles. The zero-order valence-corrected chi connectivity index (χ0v) is 17.8. The maximum Gasteiger partial charge on any atom is 0.191 e. The van der Waals surface area contributed by atoms with Crippen molar-refractivity contribution in [3.8, 4) is 0 Å². The number of guanidine groups is 1. The Kier molecular flexibility index (Phi) is 8.66. The Morgan fingerprint density at radius 3 is 2.27 bits per heavy atom. The quantitative estimate of drug-likeness (QED) is 0.463. The summed E-state index contributed by atoms with van der Waals surface area (Å²) in [6, 6.07) is 4.84. The predicted octanol–water partition coefficient (Wildman–Crippen LogP) is 2.80. The Bertz CT molecular complexity index is 711. The van der Waals surface area contributed by atoms with Crippen LogP contribution in [0, 0.1) is 0 Å². The van der Waals surface area contributed by atoms with Crippen molar-refractivity contribution in [1.82, 2.24) is 10.6 Å². The van der Waals surface area contributed by atoms with Crippen molar-refractivity contribution in [3.05, 3.63) is 33.8 Å². The van der Waals surface area contributed by atoms with Gasteiger partial charge in [-0.3, -0.25) is 4.99 Å². The Hall–Kier alpha value is -1.02. The number of aliphatic imine (C=N–C) groups is 1. The van der Waals surface area contributed by atoms with Crippen LogP contribution >= 0.6 is 23.2 Å². The van der Waals surface area contributed by atoms with Gasteiger partial charge in [0.05, 0.1) is 23.1 Å². The summed E-state index contributed by atoms with van der Waals surface area (Å²) in [7, 11) is -3.22. The number of nitrogens with one attached hydrogen (secondary N) is 2. The summed E-state index contributed by atoms with van der Waals surface area (Å²) < 4.78 is 23.5. The summed E-state index contributed by atoms with van der Waals surface area (Å²) >= 11 is 11.9. The second kappa shape index (κ2) is 9.78. The maximum absolute atomic E-state index is 12.1. The van der Waals surface area contributed by atoms with Crippen LogP contribution in [0.4, 0.5) is 0 Å². The van der Waals surface area contributed by atoms with Gasteiger partial charge < -0.3 is 15.7 Å². The molecule has 1 rings (SSSR count). The molecule has 0 spiro atoms.